The van der Waals surface area contributed by atoms with Crippen LogP contribution in [0.25, 0.3) is 22.3 Å². The predicted molar refractivity (Wildman–Crippen MR) is 111 cm³/mol. The molecule has 0 aliphatic heterocycles. The summed E-state index contributed by atoms with van der Waals surface area (Å²) in [6.07, 6.45) is 4.10. The molecule has 5 rings (SSSR count). The van der Waals surface area contributed by atoms with Gasteiger partial charge in [-0.05, 0) is 36.6 Å². The van der Waals surface area contributed by atoms with Crippen molar-refractivity contribution in [2.24, 2.45) is 7.05 Å². The molecule has 0 radical (unpaired) electrons. The second-order valence-corrected chi connectivity index (χ2v) is 7.38. The highest BCUT2D eigenvalue weighted by atomic mass is 35.5. The van der Waals surface area contributed by atoms with Gasteiger partial charge in [-0.3, -0.25) is 9.78 Å². The van der Waals surface area contributed by atoms with E-state index in [0.717, 1.165) is 30.2 Å². The van der Waals surface area contributed by atoms with Gasteiger partial charge in [0.2, 0.25) is 0 Å². The first-order valence-corrected chi connectivity index (χ1v) is 9.35. The highest BCUT2D eigenvalue weighted by Gasteiger charge is 2.30. The monoisotopic (exact) mass is 429 g/mol. The summed E-state index contributed by atoms with van der Waals surface area (Å²) in [7, 11) is 1.79. The lowest BCUT2D eigenvalue weighted by Gasteiger charge is -2.05. The molecule has 1 aliphatic rings. The topological polar surface area (TPSA) is 76.5 Å². The van der Waals surface area contributed by atoms with Gasteiger partial charge in [0.25, 0.3) is 5.56 Å². The molecule has 1 fully saturated rings. The maximum absolute atomic E-state index is 13.4. The number of halogens is 3. The van der Waals surface area contributed by atoms with E-state index in [4.69, 9.17) is 0 Å². The molecule has 0 atom stereocenters. The zero-order chi connectivity index (χ0) is 20.1. The van der Waals surface area contributed by atoms with Crippen LogP contribution in [-0.4, -0.2) is 24.7 Å². The summed E-state index contributed by atoms with van der Waals surface area (Å²) in [5.74, 6) is -0.429. The van der Waals surface area contributed by atoms with Gasteiger partial charge in [0.1, 0.15) is 22.8 Å². The molecule has 30 heavy (non-hydrogen) atoms. The molecule has 1 saturated carbocycles. The Hall–Kier alpha value is -3.13. The third-order valence-electron chi connectivity index (χ3n) is 5.09. The van der Waals surface area contributed by atoms with Crippen LogP contribution >= 0.6 is 12.4 Å². The Balaban J connectivity index is 0.00000218. The second-order valence-electron chi connectivity index (χ2n) is 7.38. The molecule has 154 valence electrons. The van der Waals surface area contributed by atoms with Crippen LogP contribution in [0.3, 0.4) is 0 Å². The van der Waals surface area contributed by atoms with Gasteiger partial charge < -0.3 is 4.98 Å². The van der Waals surface area contributed by atoms with Crippen molar-refractivity contribution in [2.45, 2.75) is 25.2 Å². The number of aromatic nitrogens is 5. The van der Waals surface area contributed by atoms with Gasteiger partial charge in [0.15, 0.2) is 5.65 Å². The van der Waals surface area contributed by atoms with E-state index < -0.39 is 11.6 Å². The van der Waals surface area contributed by atoms with Crippen LogP contribution in [0.4, 0.5) is 8.78 Å². The van der Waals surface area contributed by atoms with Crippen LogP contribution in [0, 0.1) is 11.6 Å². The molecule has 1 aliphatic carbocycles. The predicted octanol–water partition coefficient (Wildman–Crippen LogP) is 3.89. The number of H-pyrrole nitrogens is 1. The van der Waals surface area contributed by atoms with Gasteiger partial charge in [-0.1, -0.05) is 6.07 Å². The first-order chi connectivity index (χ1) is 14.0. The minimum Gasteiger partial charge on any atom is -0.310 e. The SMILES string of the molecule is Cl.Cn1nc(C2CC2)c2c(=O)[nH]c(Cc3ccc(-c4cc(F)cc(F)c4)nc3)nc21. The van der Waals surface area contributed by atoms with Gasteiger partial charge in [0.05, 0.1) is 11.4 Å². The van der Waals surface area contributed by atoms with E-state index in [1.807, 2.05) is 0 Å². The minimum absolute atomic E-state index is 0. The number of nitrogens with zero attached hydrogens (tertiary/aromatic N) is 4. The van der Waals surface area contributed by atoms with E-state index in [2.05, 4.69) is 20.1 Å². The van der Waals surface area contributed by atoms with E-state index in [1.165, 1.54) is 12.1 Å². The highest BCUT2D eigenvalue weighted by molar-refractivity contribution is 5.85. The molecule has 0 saturated heterocycles. The number of rotatable bonds is 4. The number of hydrogen-bond donors (Lipinski definition) is 1. The number of hydrogen-bond acceptors (Lipinski definition) is 4. The fraction of sp³-hybridized carbons (Fsp3) is 0.238. The molecule has 9 heteroatoms. The van der Waals surface area contributed by atoms with Gasteiger partial charge in [-0.15, -0.1) is 12.4 Å². The van der Waals surface area contributed by atoms with Crippen molar-refractivity contribution in [1.29, 1.82) is 0 Å². The van der Waals surface area contributed by atoms with Crippen molar-refractivity contribution < 1.29 is 8.78 Å². The first kappa shape index (κ1) is 20.2. The van der Waals surface area contributed by atoms with E-state index in [0.29, 0.717) is 40.5 Å². The Kier molecular flexibility index (Phi) is 5.11. The molecule has 0 unspecified atom stereocenters. The van der Waals surface area contributed by atoms with Crippen LogP contribution in [0.1, 0.15) is 35.8 Å². The van der Waals surface area contributed by atoms with Gasteiger partial charge >= 0.3 is 0 Å². The third kappa shape index (κ3) is 3.70. The average Bonchev–Trinajstić information content (AvgIpc) is 3.46. The maximum atomic E-state index is 13.4. The molecule has 3 aromatic heterocycles. The second kappa shape index (κ2) is 7.60. The average molecular weight is 430 g/mol. The maximum Gasteiger partial charge on any atom is 0.262 e. The molecule has 4 aromatic rings. The zero-order valence-corrected chi connectivity index (χ0v) is 16.8. The normalized spacial score (nSPS) is 13.4. The van der Waals surface area contributed by atoms with Crippen molar-refractivity contribution in [2.75, 3.05) is 0 Å². The summed E-state index contributed by atoms with van der Waals surface area (Å²) in [6.45, 7) is 0. The van der Waals surface area contributed by atoms with Crippen molar-refractivity contribution in [3.8, 4) is 11.3 Å². The molecule has 6 nitrogen and oxygen atoms in total. The molecular weight excluding hydrogens is 412 g/mol. The van der Waals surface area contributed by atoms with Crippen LogP contribution in [0.15, 0.2) is 41.3 Å². The van der Waals surface area contributed by atoms with Crippen LogP contribution < -0.4 is 5.56 Å². The summed E-state index contributed by atoms with van der Waals surface area (Å²) in [5.41, 5.74) is 2.87. The summed E-state index contributed by atoms with van der Waals surface area (Å²) in [4.78, 5) is 24.4. The van der Waals surface area contributed by atoms with Gasteiger partial charge in [-0.2, -0.15) is 5.10 Å². The Morgan fingerprint density at radius 2 is 1.90 bits per heavy atom. The zero-order valence-electron chi connectivity index (χ0n) is 16.0. The summed E-state index contributed by atoms with van der Waals surface area (Å²) >= 11 is 0. The van der Waals surface area contributed by atoms with E-state index in [-0.39, 0.29) is 18.0 Å². The smallest absolute Gasteiger partial charge is 0.262 e. The highest BCUT2D eigenvalue weighted by Crippen LogP contribution is 2.41. The lowest BCUT2D eigenvalue weighted by Crippen LogP contribution is -2.13. The van der Waals surface area contributed by atoms with Crippen LogP contribution in [-0.2, 0) is 13.5 Å². The molecule has 0 amide bonds. The third-order valence-corrected chi connectivity index (χ3v) is 5.09. The summed E-state index contributed by atoms with van der Waals surface area (Å²) < 4.78 is 28.5. The molecule has 1 N–H and O–H groups in total. The molecular formula is C21H18ClF2N5O. The van der Waals surface area contributed by atoms with Crippen molar-refractivity contribution in [3.63, 3.8) is 0 Å². The molecule has 0 bridgehead atoms. The largest absolute Gasteiger partial charge is 0.310 e. The fourth-order valence-electron chi connectivity index (χ4n) is 3.55. The molecule has 0 spiro atoms. The number of fused-ring (bicyclic) bond motifs is 1. The van der Waals surface area contributed by atoms with Crippen LogP contribution in [0.2, 0.25) is 0 Å². The van der Waals surface area contributed by atoms with Crippen molar-refractivity contribution in [3.05, 3.63) is 75.6 Å². The Morgan fingerprint density at radius 1 is 1.17 bits per heavy atom. The van der Waals surface area contributed by atoms with Gasteiger partial charge in [-0.25, -0.2) is 18.4 Å². The fourth-order valence-corrected chi connectivity index (χ4v) is 3.55. The van der Waals surface area contributed by atoms with Crippen LogP contribution in [0.5, 0.6) is 0 Å². The first-order valence-electron chi connectivity index (χ1n) is 9.35. The number of benzene rings is 1. The number of aromatic amines is 1. The minimum atomic E-state index is -0.650. The number of nitrogens with one attached hydrogen (secondary N) is 1. The standard InChI is InChI=1S/C21H17F2N5O.ClH/c1-28-20-18(19(27-28)12-3-4-12)21(29)26-17(25-20)6-11-2-5-16(24-10-11)13-7-14(22)9-15(23)8-13;/h2,5,7-10,12H,3-4,6H2,1H3,(H,25,26,29);1H. The molecule has 1 aromatic carbocycles. The summed E-state index contributed by atoms with van der Waals surface area (Å²) in [5, 5.41) is 5.05. The van der Waals surface area contributed by atoms with E-state index in [1.54, 1.807) is 30.1 Å². The van der Waals surface area contributed by atoms with Crippen molar-refractivity contribution in [1.82, 2.24) is 24.7 Å². The van der Waals surface area contributed by atoms with E-state index >= 15 is 0 Å². The van der Waals surface area contributed by atoms with Gasteiger partial charge in [0, 0.05) is 37.2 Å². The molecule has 3 heterocycles. The number of aryl methyl sites for hydroxylation is 1. The number of pyridine rings is 1. The lowest BCUT2D eigenvalue weighted by molar-refractivity contribution is 0.584. The van der Waals surface area contributed by atoms with Crippen molar-refractivity contribution >= 4 is 23.4 Å². The lowest BCUT2D eigenvalue weighted by atomic mass is 10.1. The Morgan fingerprint density at radius 3 is 2.53 bits per heavy atom. The van der Waals surface area contributed by atoms with E-state index in [9.17, 15) is 13.6 Å². The quantitative estimate of drug-likeness (QED) is 0.534. The Labute approximate surface area is 176 Å². The summed E-state index contributed by atoms with van der Waals surface area (Å²) in [6, 6.07) is 6.78. The Bertz CT molecular complexity index is 1280.